The van der Waals surface area contributed by atoms with Crippen molar-refractivity contribution < 1.29 is 0 Å². The van der Waals surface area contributed by atoms with Crippen LogP contribution in [-0.4, -0.2) is 4.98 Å². The first kappa shape index (κ1) is 7.73. The Balaban J connectivity index is 3.03. The highest BCUT2D eigenvalue weighted by Gasteiger charge is 2.03. The first-order valence-electron chi connectivity index (χ1n) is 3.27. The number of aromatic nitrogens is 1. The van der Waals surface area contributed by atoms with E-state index in [0.717, 1.165) is 5.69 Å². The topological polar surface area (TPSA) is 12.9 Å². The molecule has 0 amide bonds. The van der Waals surface area contributed by atoms with E-state index >= 15 is 0 Å². The minimum Gasteiger partial charge on any atom is -0.260 e. The van der Waals surface area contributed by atoms with Crippen LogP contribution in [0.3, 0.4) is 0 Å². The zero-order chi connectivity index (χ0) is 7.56. The van der Waals surface area contributed by atoms with Crippen molar-refractivity contribution in [3.63, 3.8) is 0 Å². The predicted octanol–water partition coefficient (Wildman–Crippen LogP) is 2.85. The first-order chi connectivity index (χ1) is 4.72. The van der Waals surface area contributed by atoms with Gasteiger partial charge in [0.05, 0.1) is 10.5 Å². The molecule has 0 aliphatic heterocycles. The Morgan fingerprint density at radius 3 is 2.70 bits per heavy atom. The number of rotatable bonds is 1. The van der Waals surface area contributed by atoms with Gasteiger partial charge in [-0.2, -0.15) is 0 Å². The van der Waals surface area contributed by atoms with Crippen molar-refractivity contribution in [1.82, 2.24) is 4.98 Å². The standard InChI is InChI=1S/C8H10BrN/c1-6-4-3-5-10-8(6)7(2)9/h3-5,7H,1-2H3/t7-/m0/s1. The van der Waals surface area contributed by atoms with Crippen molar-refractivity contribution in [2.45, 2.75) is 18.7 Å². The lowest BCUT2D eigenvalue weighted by atomic mass is 10.2. The van der Waals surface area contributed by atoms with E-state index in [4.69, 9.17) is 0 Å². The summed E-state index contributed by atoms with van der Waals surface area (Å²) in [5.41, 5.74) is 2.37. The monoisotopic (exact) mass is 199 g/mol. The Labute approximate surface area is 69.6 Å². The number of aryl methyl sites for hydroxylation is 1. The van der Waals surface area contributed by atoms with E-state index in [1.807, 2.05) is 12.3 Å². The van der Waals surface area contributed by atoms with E-state index < -0.39 is 0 Å². The van der Waals surface area contributed by atoms with Crippen LogP contribution in [0.15, 0.2) is 18.3 Å². The summed E-state index contributed by atoms with van der Waals surface area (Å²) in [6.07, 6.45) is 1.82. The average Bonchev–Trinajstić information content (AvgIpc) is 1.88. The summed E-state index contributed by atoms with van der Waals surface area (Å²) in [5, 5.41) is 0. The number of nitrogens with zero attached hydrogens (tertiary/aromatic N) is 1. The lowest BCUT2D eigenvalue weighted by molar-refractivity contribution is 0.998. The highest BCUT2D eigenvalue weighted by molar-refractivity contribution is 9.09. The predicted molar refractivity (Wildman–Crippen MR) is 46.3 cm³/mol. The maximum atomic E-state index is 4.23. The SMILES string of the molecule is Cc1cccnc1[C@H](C)Br. The van der Waals surface area contributed by atoms with Crippen LogP contribution in [0, 0.1) is 6.92 Å². The van der Waals surface area contributed by atoms with E-state index in [0.29, 0.717) is 4.83 Å². The van der Waals surface area contributed by atoms with Crippen LogP contribution in [0.4, 0.5) is 0 Å². The molecule has 10 heavy (non-hydrogen) atoms. The molecule has 54 valence electrons. The normalized spacial score (nSPS) is 13.1. The van der Waals surface area contributed by atoms with Gasteiger partial charge in [-0.05, 0) is 25.5 Å². The largest absolute Gasteiger partial charge is 0.260 e. The van der Waals surface area contributed by atoms with Crippen LogP contribution >= 0.6 is 15.9 Å². The third-order valence-electron chi connectivity index (χ3n) is 1.43. The van der Waals surface area contributed by atoms with Gasteiger partial charge < -0.3 is 0 Å². The number of halogens is 1. The molecule has 0 spiro atoms. The van der Waals surface area contributed by atoms with E-state index in [-0.39, 0.29) is 0 Å². The third kappa shape index (κ3) is 1.57. The summed E-state index contributed by atoms with van der Waals surface area (Å²) in [6, 6.07) is 4.02. The smallest absolute Gasteiger partial charge is 0.0566 e. The van der Waals surface area contributed by atoms with Crippen molar-refractivity contribution >= 4 is 15.9 Å². The zero-order valence-corrected chi connectivity index (χ0v) is 7.72. The molecule has 1 aromatic heterocycles. The molecule has 0 aliphatic carbocycles. The molecule has 0 unspecified atom stereocenters. The van der Waals surface area contributed by atoms with E-state index in [9.17, 15) is 0 Å². The molecule has 1 aromatic rings. The lowest BCUT2D eigenvalue weighted by Gasteiger charge is -2.04. The van der Waals surface area contributed by atoms with Gasteiger partial charge in [0, 0.05) is 6.20 Å². The van der Waals surface area contributed by atoms with E-state index in [2.05, 4.69) is 40.8 Å². The molecule has 0 aromatic carbocycles. The average molecular weight is 200 g/mol. The maximum absolute atomic E-state index is 4.23. The van der Waals surface area contributed by atoms with E-state index in [1.54, 1.807) is 0 Å². The van der Waals surface area contributed by atoms with Gasteiger partial charge in [0.2, 0.25) is 0 Å². The van der Waals surface area contributed by atoms with Crippen molar-refractivity contribution in [2.75, 3.05) is 0 Å². The Bertz CT molecular complexity index is 220. The van der Waals surface area contributed by atoms with Crippen LogP contribution in [-0.2, 0) is 0 Å². The number of hydrogen-bond acceptors (Lipinski definition) is 1. The van der Waals surface area contributed by atoms with Gasteiger partial charge in [-0.15, -0.1) is 0 Å². The van der Waals surface area contributed by atoms with Gasteiger partial charge in [0.25, 0.3) is 0 Å². The molecule has 0 N–H and O–H groups in total. The molecular formula is C8H10BrN. The number of hydrogen-bond donors (Lipinski definition) is 0. The number of pyridine rings is 1. The first-order valence-corrected chi connectivity index (χ1v) is 4.19. The molecule has 0 radical (unpaired) electrons. The summed E-state index contributed by atoms with van der Waals surface area (Å²) in [5.74, 6) is 0. The summed E-state index contributed by atoms with van der Waals surface area (Å²) in [6.45, 7) is 4.15. The van der Waals surface area contributed by atoms with Gasteiger partial charge in [-0.1, -0.05) is 22.0 Å². The molecule has 0 bridgehead atoms. The summed E-state index contributed by atoms with van der Waals surface area (Å²) in [4.78, 5) is 4.59. The second-order valence-corrected chi connectivity index (χ2v) is 3.70. The highest BCUT2D eigenvalue weighted by Crippen LogP contribution is 2.21. The van der Waals surface area contributed by atoms with Crippen LogP contribution in [0.1, 0.15) is 23.0 Å². The van der Waals surface area contributed by atoms with Crippen LogP contribution < -0.4 is 0 Å². The molecule has 0 saturated heterocycles. The number of alkyl halides is 1. The third-order valence-corrected chi connectivity index (χ3v) is 1.86. The summed E-state index contributed by atoms with van der Waals surface area (Å²) < 4.78 is 0. The molecule has 1 rings (SSSR count). The van der Waals surface area contributed by atoms with Gasteiger partial charge in [-0.3, -0.25) is 4.98 Å². The fourth-order valence-electron chi connectivity index (χ4n) is 0.914. The van der Waals surface area contributed by atoms with Gasteiger partial charge >= 0.3 is 0 Å². The fourth-order valence-corrected chi connectivity index (χ4v) is 1.39. The van der Waals surface area contributed by atoms with Crippen LogP contribution in [0.25, 0.3) is 0 Å². The molecule has 1 nitrogen and oxygen atoms in total. The van der Waals surface area contributed by atoms with Gasteiger partial charge in [-0.25, -0.2) is 0 Å². The molecule has 0 fully saturated rings. The van der Waals surface area contributed by atoms with E-state index in [1.165, 1.54) is 5.56 Å². The Morgan fingerprint density at radius 2 is 2.30 bits per heavy atom. The van der Waals surface area contributed by atoms with Crippen molar-refractivity contribution in [3.05, 3.63) is 29.6 Å². The van der Waals surface area contributed by atoms with Crippen LogP contribution in [0.5, 0.6) is 0 Å². The maximum Gasteiger partial charge on any atom is 0.0566 e. The van der Waals surface area contributed by atoms with Crippen molar-refractivity contribution in [2.24, 2.45) is 0 Å². The zero-order valence-electron chi connectivity index (χ0n) is 6.13. The Hall–Kier alpha value is -0.370. The second kappa shape index (κ2) is 3.15. The Kier molecular flexibility index (Phi) is 2.44. The minimum atomic E-state index is 0.355. The highest BCUT2D eigenvalue weighted by atomic mass is 79.9. The van der Waals surface area contributed by atoms with Crippen LogP contribution in [0.2, 0.25) is 0 Å². The molecule has 1 atom stereocenters. The van der Waals surface area contributed by atoms with Crippen molar-refractivity contribution in [1.29, 1.82) is 0 Å². The molecule has 0 aliphatic rings. The van der Waals surface area contributed by atoms with Crippen molar-refractivity contribution in [3.8, 4) is 0 Å². The molecule has 0 saturated carbocycles. The quantitative estimate of drug-likeness (QED) is 0.635. The van der Waals surface area contributed by atoms with Gasteiger partial charge in [0.1, 0.15) is 0 Å². The summed E-state index contributed by atoms with van der Waals surface area (Å²) in [7, 11) is 0. The minimum absolute atomic E-state index is 0.355. The summed E-state index contributed by atoms with van der Waals surface area (Å²) >= 11 is 3.47. The molecular weight excluding hydrogens is 190 g/mol. The molecule has 2 heteroatoms. The second-order valence-electron chi connectivity index (χ2n) is 2.32. The van der Waals surface area contributed by atoms with Gasteiger partial charge in [0.15, 0.2) is 0 Å². The fraction of sp³-hybridized carbons (Fsp3) is 0.375. The Morgan fingerprint density at radius 1 is 1.60 bits per heavy atom. The molecule has 1 heterocycles. The lowest BCUT2D eigenvalue weighted by Crippen LogP contribution is -1.91.